The average molecular weight is 178 g/mol. The first kappa shape index (κ1) is 5.95. The predicted molar refractivity (Wildman–Crippen MR) is 50.0 cm³/mol. The second-order valence-corrected chi connectivity index (χ2v) is 7.11. The van der Waals surface area contributed by atoms with Gasteiger partial charge in [-0.15, -0.1) is 0 Å². The minimum Gasteiger partial charge on any atom is -0.154 e. The van der Waals surface area contributed by atoms with Gasteiger partial charge in [0.05, 0.1) is 0 Å². The van der Waals surface area contributed by atoms with E-state index in [0.717, 1.165) is 10.7 Å². The number of thioether (sulfide) groups is 1. The third-order valence-electron chi connectivity index (χ3n) is 5.86. The standard InChI is InChI=1S/C11H14S/c1-2-7-6(1)9-5-3-8-10(12-9)11(7,8)4-5/h5-10H,1-4H2. The van der Waals surface area contributed by atoms with Crippen molar-refractivity contribution < 1.29 is 0 Å². The summed E-state index contributed by atoms with van der Waals surface area (Å²) in [7, 11) is 0. The summed E-state index contributed by atoms with van der Waals surface area (Å²) in [5, 5.41) is 2.32. The van der Waals surface area contributed by atoms with E-state index in [2.05, 4.69) is 11.8 Å². The van der Waals surface area contributed by atoms with Crippen molar-refractivity contribution in [2.75, 3.05) is 0 Å². The van der Waals surface area contributed by atoms with Gasteiger partial charge in [-0.2, -0.15) is 11.8 Å². The Morgan fingerprint density at radius 1 is 1.17 bits per heavy atom. The summed E-state index contributed by atoms with van der Waals surface area (Å²) in [6, 6.07) is 0. The lowest BCUT2D eigenvalue weighted by atomic mass is 9.57. The highest BCUT2D eigenvalue weighted by atomic mass is 32.2. The summed E-state index contributed by atoms with van der Waals surface area (Å²) in [5.74, 6) is 4.85. The molecule has 7 atom stereocenters. The maximum atomic E-state index is 2.42. The lowest BCUT2D eigenvalue weighted by Gasteiger charge is -2.56. The Labute approximate surface area is 77.5 Å². The monoisotopic (exact) mass is 178 g/mol. The maximum Gasteiger partial charge on any atom is 0.0147 e. The van der Waals surface area contributed by atoms with Crippen LogP contribution in [0.25, 0.3) is 0 Å². The van der Waals surface area contributed by atoms with Gasteiger partial charge in [-0.25, -0.2) is 0 Å². The lowest BCUT2D eigenvalue weighted by molar-refractivity contribution is 0.0254. The first-order valence-electron chi connectivity index (χ1n) is 5.57. The molecular weight excluding hydrogens is 164 g/mol. The molecule has 7 rings (SSSR count). The molecule has 7 unspecified atom stereocenters. The molecule has 4 saturated carbocycles. The van der Waals surface area contributed by atoms with Gasteiger partial charge in [-0.1, -0.05) is 0 Å². The van der Waals surface area contributed by atoms with Crippen molar-refractivity contribution in [2.24, 2.45) is 29.1 Å². The van der Waals surface area contributed by atoms with Crippen LogP contribution >= 0.6 is 11.8 Å². The topological polar surface area (TPSA) is 0 Å². The zero-order chi connectivity index (χ0) is 7.50. The van der Waals surface area contributed by atoms with Crippen LogP contribution in [0.5, 0.6) is 0 Å². The quantitative estimate of drug-likeness (QED) is 0.549. The van der Waals surface area contributed by atoms with Crippen LogP contribution in [0.2, 0.25) is 0 Å². The summed E-state index contributed by atoms with van der Waals surface area (Å²) in [6.45, 7) is 0. The van der Waals surface area contributed by atoms with Crippen LogP contribution < -0.4 is 0 Å². The van der Waals surface area contributed by atoms with Crippen molar-refractivity contribution in [2.45, 2.75) is 36.2 Å². The van der Waals surface area contributed by atoms with Crippen molar-refractivity contribution in [1.82, 2.24) is 0 Å². The summed E-state index contributed by atoms with van der Waals surface area (Å²) < 4.78 is 0. The molecule has 0 nitrogen and oxygen atoms in total. The minimum absolute atomic E-state index is 0.965. The first-order chi connectivity index (χ1) is 5.91. The van der Waals surface area contributed by atoms with Crippen LogP contribution in [0.3, 0.4) is 0 Å². The van der Waals surface area contributed by atoms with Gasteiger partial charge in [0.2, 0.25) is 0 Å². The van der Waals surface area contributed by atoms with Crippen molar-refractivity contribution in [3.63, 3.8) is 0 Å². The summed E-state index contributed by atoms with van der Waals surface area (Å²) in [6.07, 6.45) is 6.53. The number of hydrogen-bond acceptors (Lipinski definition) is 1. The Morgan fingerprint density at radius 2 is 2.17 bits per heavy atom. The molecule has 1 spiro atoms. The molecule has 7 aliphatic rings. The van der Waals surface area contributed by atoms with Crippen molar-refractivity contribution >= 4 is 11.8 Å². The molecule has 3 heterocycles. The van der Waals surface area contributed by atoms with E-state index < -0.39 is 0 Å². The van der Waals surface area contributed by atoms with E-state index in [4.69, 9.17) is 0 Å². The van der Waals surface area contributed by atoms with Gasteiger partial charge in [0, 0.05) is 10.5 Å². The normalized spacial score (nSPS) is 80.0. The van der Waals surface area contributed by atoms with E-state index in [1.54, 1.807) is 25.7 Å². The molecule has 12 heavy (non-hydrogen) atoms. The average Bonchev–Trinajstić information content (AvgIpc) is 2.51. The highest BCUT2D eigenvalue weighted by molar-refractivity contribution is 8.01. The van der Waals surface area contributed by atoms with Crippen LogP contribution in [0, 0.1) is 29.1 Å². The molecule has 0 amide bonds. The van der Waals surface area contributed by atoms with Gasteiger partial charge in [-0.3, -0.25) is 0 Å². The van der Waals surface area contributed by atoms with Crippen LogP contribution in [0.15, 0.2) is 0 Å². The molecule has 0 radical (unpaired) electrons. The molecule has 0 N–H and O–H groups in total. The van der Waals surface area contributed by atoms with Gasteiger partial charge in [0.25, 0.3) is 0 Å². The fourth-order valence-corrected chi connectivity index (χ4v) is 7.87. The van der Waals surface area contributed by atoms with Crippen LogP contribution in [-0.2, 0) is 0 Å². The Bertz CT molecular complexity index is 279. The first-order valence-corrected chi connectivity index (χ1v) is 6.51. The predicted octanol–water partition coefficient (Wildman–Crippen LogP) is 2.54. The van der Waals surface area contributed by atoms with Gasteiger partial charge in [0.15, 0.2) is 0 Å². The number of hydrogen-bond donors (Lipinski definition) is 0. The zero-order valence-electron chi connectivity index (χ0n) is 7.20. The molecular formula is C11H14S. The van der Waals surface area contributed by atoms with E-state index in [1.807, 2.05) is 0 Å². The second-order valence-electron chi connectivity index (χ2n) is 5.79. The molecule has 5 bridgehead atoms. The SMILES string of the molecule is C1CC2C1C1SC3C4CC1CC243. The van der Waals surface area contributed by atoms with Crippen LogP contribution in [0.1, 0.15) is 25.7 Å². The summed E-state index contributed by atoms with van der Waals surface area (Å²) in [5.41, 5.74) is 0.965. The Morgan fingerprint density at radius 3 is 2.83 bits per heavy atom. The van der Waals surface area contributed by atoms with Crippen molar-refractivity contribution in [3.05, 3.63) is 0 Å². The zero-order valence-corrected chi connectivity index (χ0v) is 8.02. The van der Waals surface area contributed by atoms with Gasteiger partial charge < -0.3 is 0 Å². The maximum absolute atomic E-state index is 2.42. The molecule has 0 aromatic rings. The lowest BCUT2D eigenvalue weighted by Crippen LogP contribution is -2.52. The third-order valence-corrected chi connectivity index (χ3v) is 7.97. The molecule has 0 aromatic heterocycles. The number of rotatable bonds is 0. The molecule has 64 valence electrons. The van der Waals surface area contributed by atoms with Crippen molar-refractivity contribution in [3.8, 4) is 0 Å². The minimum atomic E-state index is 0.965. The fraction of sp³-hybridized carbons (Fsp3) is 1.00. The summed E-state index contributed by atoms with van der Waals surface area (Å²) >= 11 is 2.42. The largest absolute Gasteiger partial charge is 0.154 e. The molecule has 3 saturated heterocycles. The Kier molecular flexibility index (Phi) is 0.700. The van der Waals surface area contributed by atoms with E-state index in [1.165, 1.54) is 28.9 Å². The van der Waals surface area contributed by atoms with E-state index in [0.29, 0.717) is 0 Å². The van der Waals surface area contributed by atoms with Gasteiger partial charge in [-0.05, 0) is 54.8 Å². The van der Waals surface area contributed by atoms with E-state index in [-0.39, 0.29) is 0 Å². The highest BCUT2D eigenvalue weighted by Gasteiger charge is 2.82. The second kappa shape index (κ2) is 1.41. The molecule has 0 aromatic carbocycles. The molecule has 4 aliphatic carbocycles. The van der Waals surface area contributed by atoms with Crippen LogP contribution in [0.4, 0.5) is 0 Å². The molecule has 3 aliphatic heterocycles. The third kappa shape index (κ3) is 0.357. The van der Waals surface area contributed by atoms with Crippen molar-refractivity contribution in [1.29, 1.82) is 0 Å². The van der Waals surface area contributed by atoms with E-state index in [9.17, 15) is 0 Å². The smallest absolute Gasteiger partial charge is 0.0147 e. The summed E-state index contributed by atoms with van der Waals surface area (Å²) in [4.78, 5) is 0. The van der Waals surface area contributed by atoms with Gasteiger partial charge in [0.1, 0.15) is 0 Å². The Hall–Kier alpha value is 0.350. The van der Waals surface area contributed by atoms with Gasteiger partial charge >= 0.3 is 0 Å². The fourth-order valence-electron chi connectivity index (χ4n) is 5.40. The highest BCUT2D eigenvalue weighted by Crippen LogP contribution is 2.87. The van der Waals surface area contributed by atoms with Crippen LogP contribution in [-0.4, -0.2) is 10.5 Å². The molecule has 7 fully saturated rings. The van der Waals surface area contributed by atoms with E-state index >= 15 is 0 Å². The molecule has 1 heteroatoms. The Balaban J connectivity index is 1.78.